The molecular formula is C29H28N2O6. The number of hydrogen-bond donors (Lipinski definition) is 2. The minimum absolute atomic E-state index is 0.0345. The van der Waals surface area contributed by atoms with E-state index in [9.17, 15) is 19.5 Å². The standard InChI is InChI=1S/C29H28N2O6/c1-16-14-24(37-5)17(2)13-23(16)27(33)25-26(19-9-11-22(36-4)12-10-19)31(29(35)28(25)34)21-8-6-7-20(15-21)30-18(3)32/h6-15,26,33H,1-5H3,(H,30,32)/b27-25+. The van der Waals surface area contributed by atoms with Crippen LogP contribution in [0.3, 0.4) is 0 Å². The van der Waals surface area contributed by atoms with Crippen LogP contribution in [-0.4, -0.2) is 36.9 Å². The number of aryl methyl sites for hydroxylation is 2. The third-order valence-electron chi connectivity index (χ3n) is 6.32. The molecule has 0 bridgehead atoms. The number of rotatable bonds is 6. The van der Waals surface area contributed by atoms with Gasteiger partial charge in [0.2, 0.25) is 5.91 Å². The quantitative estimate of drug-likeness (QED) is 0.283. The van der Waals surface area contributed by atoms with Gasteiger partial charge in [0.1, 0.15) is 17.3 Å². The molecule has 2 N–H and O–H groups in total. The number of ketones is 1. The highest BCUT2D eigenvalue weighted by Crippen LogP contribution is 2.43. The van der Waals surface area contributed by atoms with Gasteiger partial charge < -0.3 is 19.9 Å². The van der Waals surface area contributed by atoms with Crippen molar-refractivity contribution < 1.29 is 29.0 Å². The Morgan fingerprint density at radius 2 is 1.65 bits per heavy atom. The van der Waals surface area contributed by atoms with E-state index in [1.165, 1.54) is 11.8 Å². The van der Waals surface area contributed by atoms with Crippen molar-refractivity contribution in [1.29, 1.82) is 0 Å². The van der Waals surface area contributed by atoms with Gasteiger partial charge in [0.05, 0.1) is 25.8 Å². The van der Waals surface area contributed by atoms with Crippen LogP contribution in [0.5, 0.6) is 11.5 Å². The maximum Gasteiger partial charge on any atom is 0.300 e. The summed E-state index contributed by atoms with van der Waals surface area (Å²) in [5.74, 6) is -0.883. The van der Waals surface area contributed by atoms with Gasteiger partial charge in [0, 0.05) is 23.9 Å². The Balaban J connectivity index is 1.94. The lowest BCUT2D eigenvalue weighted by atomic mass is 9.93. The Hall–Kier alpha value is -4.59. The first-order valence-corrected chi connectivity index (χ1v) is 11.6. The first kappa shape index (κ1) is 25.5. The normalized spacial score (nSPS) is 16.6. The number of carbonyl (C=O) groups excluding carboxylic acids is 3. The van der Waals surface area contributed by atoms with E-state index in [0.29, 0.717) is 39.6 Å². The molecule has 1 aliphatic heterocycles. The first-order chi connectivity index (χ1) is 17.7. The number of aliphatic hydroxyl groups is 1. The number of aliphatic hydroxyl groups excluding tert-OH is 1. The summed E-state index contributed by atoms with van der Waals surface area (Å²) in [5, 5.41) is 14.2. The van der Waals surface area contributed by atoms with Crippen molar-refractivity contribution in [3.8, 4) is 11.5 Å². The van der Waals surface area contributed by atoms with Crippen molar-refractivity contribution in [2.75, 3.05) is 24.4 Å². The monoisotopic (exact) mass is 500 g/mol. The SMILES string of the molecule is COc1ccc(C2/C(=C(\O)c3cc(C)c(OC)cc3C)C(=O)C(=O)N2c2cccc(NC(C)=O)c2)cc1. The van der Waals surface area contributed by atoms with Crippen LogP contribution in [0.15, 0.2) is 66.2 Å². The summed E-state index contributed by atoms with van der Waals surface area (Å²) in [6.07, 6.45) is 0. The van der Waals surface area contributed by atoms with Crippen molar-refractivity contribution in [3.05, 3.63) is 88.5 Å². The molecule has 0 radical (unpaired) electrons. The summed E-state index contributed by atoms with van der Waals surface area (Å²) < 4.78 is 10.7. The van der Waals surface area contributed by atoms with Crippen LogP contribution in [0, 0.1) is 13.8 Å². The average Bonchev–Trinajstić information content (AvgIpc) is 3.14. The van der Waals surface area contributed by atoms with Crippen molar-refractivity contribution in [3.63, 3.8) is 0 Å². The van der Waals surface area contributed by atoms with Gasteiger partial charge in [-0.15, -0.1) is 0 Å². The molecule has 0 saturated carbocycles. The number of benzene rings is 3. The van der Waals surface area contributed by atoms with Crippen LogP contribution >= 0.6 is 0 Å². The fraction of sp³-hybridized carbons (Fsp3) is 0.207. The van der Waals surface area contributed by atoms with Gasteiger partial charge in [-0.25, -0.2) is 0 Å². The van der Waals surface area contributed by atoms with E-state index in [-0.39, 0.29) is 17.2 Å². The lowest BCUT2D eigenvalue weighted by Crippen LogP contribution is -2.29. The molecule has 37 heavy (non-hydrogen) atoms. The van der Waals surface area contributed by atoms with Gasteiger partial charge in [-0.3, -0.25) is 19.3 Å². The summed E-state index contributed by atoms with van der Waals surface area (Å²) in [5.41, 5.74) is 3.34. The zero-order valence-electron chi connectivity index (χ0n) is 21.3. The van der Waals surface area contributed by atoms with Crippen molar-refractivity contribution in [2.24, 2.45) is 0 Å². The highest BCUT2D eigenvalue weighted by Gasteiger charge is 2.47. The fourth-order valence-electron chi connectivity index (χ4n) is 4.55. The number of anilines is 2. The van der Waals surface area contributed by atoms with E-state index in [0.717, 1.165) is 5.56 Å². The molecule has 2 amide bonds. The summed E-state index contributed by atoms with van der Waals surface area (Å²) >= 11 is 0. The molecule has 1 saturated heterocycles. The zero-order chi connectivity index (χ0) is 26.9. The van der Waals surface area contributed by atoms with Gasteiger partial charge >= 0.3 is 0 Å². The predicted octanol–water partition coefficient (Wildman–Crippen LogP) is 4.91. The number of nitrogens with one attached hydrogen (secondary N) is 1. The number of carbonyl (C=O) groups is 3. The van der Waals surface area contributed by atoms with Crippen molar-refractivity contribution in [1.82, 2.24) is 0 Å². The number of ether oxygens (including phenoxy) is 2. The number of hydrogen-bond acceptors (Lipinski definition) is 6. The van der Waals surface area contributed by atoms with Crippen molar-refractivity contribution >= 4 is 34.7 Å². The molecule has 1 aliphatic rings. The second kappa shape index (κ2) is 10.2. The molecule has 1 unspecified atom stereocenters. The molecule has 4 rings (SSSR count). The maximum atomic E-state index is 13.5. The molecule has 0 spiro atoms. The molecule has 8 heteroatoms. The number of methoxy groups -OCH3 is 2. The predicted molar refractivity (Wildman–Crippen MR) is 141 cm³/mol. The molecule has 3 aromatic rings. The summed E-state index contributed by atoms with van der Waals surface area (Å²) in [6, 6.07) is 16.2. The van der Waals surface area contributed by atoms with Crippen LogP contribution in [0.25, 0.3) is 5.76 Å². The topological polar surface area (TPSA) is 105 Å². The molecule has 190 valence electrons. The lowest BCUT2D eigenvalue weighted by molar-refractivity contribution is -0.132. The summed E-state index contributed by atoms with van der Waals surface area (Å²) in [7, 11) is 3.11. The Bertz CT molecular complexity index is 1420. The Kier molecular flexibility index (Phi) is 7.02. The van der Waals surface area contributed by atoms with Gasteiger partial charge in [0.15, 0.2) is 0 Å². The molecular weight excluding hydrogens is 472 g/mol. The Labute approximate surface area is 215 Å². The summed E-state index contributed by atoms with van der Waals surface area (Å²) in [4.78, 5) is 39.9. The first-order valence-electron chi connectivity index (χ1n) is 11.6. The van der Waals surface area contributed by atoms with E-state index in [2.05, 4.69) is 5.32 Å². The Morgan fingerprint density at radius 3 is 2.27 bits per heavy atom. The molecule has 1 atom stereocenters. The van der Waals surface area contributed by atoms with Crippen LogP contribution < -0.4 is 19.7 Å². The smallest absolute Gasteiger partial charge is 0.300 e. The van der Waals surface area contributed by atoms with Gasteiger partial charge in [-0.05, 0) is 73.0 Å². The van der Waals surface area contributed by atoms with Crippen LogP contribution in [0.1, 0.15) is 35.2 Å². The highest BCUT2D eigenvalue weighted by molar-refractivity contribution is 6.51. The van der Waals surface area contributed by atoms with E-state index < -0.39 is 17.7 Å². The largest absolute Gasteiger partial charge is 0.507 e. The van der Waals surface area contributed by atoms with Gasteiger partial charge in [-0.2, -0.15) is 0 Å². The van der Waals surface area contributed by atoms with E-state index >= 15 is 0 Å². The second-order valence-electron chi connectivity index (χ2n) is 8.81. The third-order valence-corrected chi connectivity index (χ3v) is 6.32. The van der Waals surface area contributed by atoms with E-state index in [4.69, 9.17) is 9.47 Å². The molecule has 0 aromatic heterocycles. The minimum Gasteiger partial charge on any atom is -0.507 e. The summed E-state index contributed by atoms with van der Waals surface area (Å²) in [6.45, 7) is 5.02. The van der Waals surface area contributed by atoms with Crippen LogP contribution in [-0.2, 0) is 14.4 Å². The third kappa shape index (κ3) is 4.78. The molecule has 3 aromatic carbocycles. The number of Topliss-reactive ketones (excluding diaryl/α,β-unsaturated/α-hetero) is 1. The highest BCUT2D eigenvalue weighted by atomic mass is 16.5. The van der Waals surface area contributed by atoms with E-state index in [1.54, 1.807) is 81.8 Å². The fourth-order valence-corrected chi connectivity index (χ4v) is 4.55. The van der Waals surface area contributed by atoms with Crippen molar-refractivity contribution in [2.45, 2.75) is 26.8 Å². The zero-order valence-corrected chi connectivity index (χ0v) is 21.3. The molecule has 0 aliphatic carbocycles. The maximum absolute atomic E-state index is 13.5. The van der Waals surface area contributed by atoms with Gasteiger partial charge in [-0.1, -0.05) is 18.2 Å². The lowest BCUT2D eigenvalue weighted by Gasteiger charge is -2.26. The van der Waals surface area contributed by atoms with E-state index in [1.807, 2.05) is 6.92 Å². The molecule has 1 heterocycles. The van der Waals surface area contributed by atoms with Crippen LogP contribution in [0.4, 0.5) is 11.4 Å². The average molecular weight is 501 g/mol. The Morgan fingerprint density at radius 1 is 0.946 bits per heavy atom. The van der Waals surface area contributed by atoms with Crippen LogP contribution in [0.2, 0.25) is 0 Å². The van der Waals surface area contributed by atoms with Gasteiger partial charge in [0.25, 0.3) is 11.7 Å². The second-order valence-corrected chi connectivity index (χ2v) is 8.81. The minimum atomic E-state index is -0.916. The molecule has 8 nitrogen and oxygen atoms in total. The number of nitrogens with zero attached hydrogens (tertiary/aromatic N) is 1. The number of amides is 2. The molecule has 1 fully saturated rings.